The largest absolute Gasteiger partial charge is 0.496 e. The van der Waals surface area contributed by atoms with E-state index in [1.165, 1.54) is 21.1 Å². The summed E-state index contributed by atoms with van der Waals surface area (Å²) in [5, 5.41) is 26.6. The fourth-order valence-corrected chi connectivity index (χ4v) is 14.6. The molecule has 3 aromatic carbocycles. The number of rotatable bonds is 9. The first-order valence-electron chi connectivity index (χ1n) is 23.9. The van der Waals surface area contributed by atoms with Crippen molar-refractivity contribution < 1.29 is 43.5 Å². The number of nitrogens with one attached hydrogen (secondary N) is 1. The van der Waals surface area contributed by atoms with Crippen LogP contribution in [0, 0.1) is 11.3 Å². The van der Waals surface area contributed by atoms with Crippen LogP contribution in [-0.4, -0.2) is 140 Å². The number of anilines is 3. The van der Waals surface area contributed by atoms with Crippen LogP contribution in [0.4, 0.5) is 17.1 Å². The van der Waals surface area contributed by atoms with E-state index in [1.807, 2.05) is 50.1 Å². The molecular weight excluding hydrogens is 851 g/mol. The van der Waals surface area contributed by atoms with E-state index in [1.54, 1.807) is 7.11 Å². The van der Waals surface area contributed by atoms with Crippen LogP contribution in [0.2, 0.25) is 0 Å². The number of para-hydroxylation sites is 1. The maximum Gasteiger partial charge on any atom is 0.344 e. The minimum absolute atomic E-state index is 0.136. The highest BCUT2D eigenvalue weighted by molar-refractivity contribution is 5.96. The molecule has 1 aliphatic carbocycles. The molecule has 2 bridgehead atoms. The van der Waals surface area contributed by atoms with Crippen LogP contribution >= 0.6 is 0 Å². The molecule has 3 N–H and O–H groups in total. The number of benzene rings is 3. The zero-order chi connectivity index (χ0) is 47.4. The number of carbonyl (C=O) groups excluding carboxylic acids is 3. The van der Waals surface area contributed by atoms with Crippen molar-refractivity contribution in [2.24, 2.45) is 11.3 Å². The first kappa shape index (κ1) is 45.4. The summed E-state index contributed by atoms with van der Waals surface area (Å²) < 4.78 is 24.2. The van der Waals surface area contributed by atoms with E-state index >= 15 is 4.79 Å². The van der Waals surface area contributed by atoms with Gasteiger partial charge in [0.1, 0.15) is 11.2 Å². The number of methoxy groups -OCH3 is 3. The topological polar surface area (TPSA) is 157 Å². The molecule has 14 heteroatoms. The van der Waals surface area contributed by atoms with Gasteiger partial charge in [0.05, 0.1) is 33.0 Å². The predicted octanol–water partition coefficient (Wildman–Crippen LogP) is 5.76. The molecule has 356 valence electrons. The Labute approximate surface area is 392 Å². The van der Waals surface area contributed by atoms with Gasteiger partial charge in [-0.15, -0.1) is 0 Å². The summed E-state index contributed by atoms with van der Waals surface area (Å²) in [5.74, 6) is -1.64. The molecule has 6 aliphatic rings. The number of nitrogens with zero attached hydrogens (tertiary/aromatic N) is 4. The fraction of sp³-hybridized carbons (Fsp3) is 0.528. The smallest absolute Gasteiger partial charge is 0.344 e. The number of likely N-dealkylation sites (N-methyl/N-ethyl adjacent to an activating group) is 1. The van der Waals surface area contributed by atoms with Crippen molar-refractivity contribution in [3.8, 4) is 5.75 Å². The average molecular weight is 916 g/mol. The number of aliphatic hydroxyl groups is 2. The van der Waals surface area contributed by atoms with Crippen LogP contribution in [0.3, 0.4) is 0 Å². The Bertz CT molecular complexity index is 2670. The van der Waals surface area contributed by atoms with Gasteiger partial charge in [-0.3, -0.25) is 19.4 Å². The van der Waals surface area contributed by atoms with E-state index in [0.717, 1.165) is 44.8 Å². The Balaban J connectivity index is 1.27. The number of H-pyrrole nitrogens is 1. The Kier molecular flexibility index (Phi) is 10.9. The highest BCUT2D eigenvalue weighted by Crippen LogP contribution is 2.68. The molecule has 2 unspecified atom stereocenters. The molecule has 4 aromatic rings. The molecular formula is C53H65N5O9. The van der Waals surface area contributed by atoms with Crippen LogP contribution in [0.5, 0.6) is 5.75 Å². The lowest BCUT2D eigenvalue weighted by molar-refractivity contribution is -0.228. The number of hydrogen-bond donors (Lipinski definition) is 3. The van der Waals surface area contributed by atoms with E-state index in [-0.39, 0.29) is 12.0 Å². The number of fused-ring (bicyclic) bond motifs is 6. The number of carbonyl (C=O) groups is 3. The van der Waals surface area contributed by atoms with Gasteiger partial charge in [-0.2, -0.15) is 0 Å². The van der Waals surface area contributed by atoms with E-state index in [9.17, 15) is 19.8 Å². The van der Waals surface area contributed by atoms with Crippen molar-refractivity contribution in [2.75, 3.05) is 77.9 Å². The molecule has 0 amide bonds. The first-order valence-corrected chi connectivity index (χ1v) is 23.9. The average Bonchev–Trinajstić information content (AvgIpc) is 4.00. The number of piperidine rings is 1. The molecule has 10 atom stereocenters. The molecule has 67 heavy (non-hydrogen) atoms. The summed E-state index contributed by atoms with van der Waals surface area (Å²) in [6.45, 7) is 8.52. The van der Waals surface area contributed by atoms with Crippen LogP contribution in [0.15, 0.2) is 72.8 Å². The first-order chi connectivity index (χ1) is 32.1. The van der Waals surface area contributed by atoms with Gasteiger partial charge >= 0.3 is 17.9 Å². The van der Waals surface area contributed by atoms with E-state index < -0.39 is 57.5 Å². The minimum Gasteiger partial charge on any atom is -0.496 e. The standard InChI is InChI=1S/C53H65N5O9/c1-9-49(62)28-33-29-52(47(60)65-7,43-36(19-23-57(30-33)31-49)37-25-35(17-18-40(37)54-43)55(4)34-15-12-11-13-16-34)39-26-38-41(27-42(39)64-6)56(5)45-51(38)21-24-58-22-14-20-50(10-2,44(51)58)46(67-32(3)59)53(45,63)48(61)66-8/h11-18,20,25-27,33,44-46,54,62-63H,9-10,19,21-24,28-31H2,1-8H3/t33-,44+,45?,46-,49+,50-,51-,52+,53+/m1/s1. The van der Waals surface area contributed by atoms with Gasteiger partial charge in [-0.25, -0.2) is 4.79 Å². The molecule has 3 fully saturated rings. The fourth-order valence-electron chi connectivity index (χ4n) is 14.6. The highest BCUT2D eigenvalue weighted by atomic mass is 16.6. The van der Waals surface area contributed by atoms with Gasteiger partial charge < -0.3 is 43.9 Å². The molecule has 1 saturated carbocycles. The third-order valence-electron chi connectivity index (χ3n) is 17.2. The number of ether oxygens (including phenoxy) is 4. The number of aromatic nitrogens is 1. The normalized spacial score (nSPS) is 33.9. The predicted molar refractivity (Wildman–Crippen MR) is 255 cm³/mol. The van der Waals surface area contributed by atoms with Crippen molar-refractivity contribution in [3.63, 3.8) is 0 Å². The maximum absolute atomic E-state index is 15.7. The quantitative estimate of drug-likeness (QED) is 0.106. The summed E-state index contributed by atoms with van der Waals surface area (Å²) in [4.78, 5) is 56.0. The van der Waals surface area contributed by atoms with Crippen LogP contribution in [0.1, 0.15) is 75.3 Å². The van der Waals surface area contributed by atoms with Crippen molar-refractivity contribution in [1.82, 2.24) is 14.8 Å². The van der Waals surface area contributed by atoms with Crippen LogP contribution < -0.4 is 14.5 Å². The van der Waals surface area contributed by atoms with Gasteiger partial charge in [-0.05, 0) is 98.5 Å². The molecule has 0 radical (unpaired) electrons. The summed E-state index contributed by atoms with van der Waals surface area (Å²) in [6, 6.07) is 19.4. The van der Waals surface area contributed by atoms with Gasteiger partial charge in [-0.1, -0.05) is 44.2 Å². The molecule has 1 spiro atoms. The van der Waals surface area contributed by atoms with Gasteiger partial charge in [0.2, 0.25) is 5.60 Å². The Morgan fingerprint density at radius 2 is 1.66 bits per heavy atom. The van der Waals surface area contributed by atoms with Crippen LogP contribution in [-0.2, 0) is 45.8 Å². The van der Waals surface area contributed by atoms with Crippen molar-refractivity contribution in [2.45, 2.75) is 99.5 Å². The minimum atomic E-state index is -2.32. The molecule has 5 aliphatic heterocycles. The van der Waals surface area contributed by atoms with Gasteiger partial charge in [0, 0.05) is 109 Å². The zero-order valence-corrected chi connectivity index (χ0v) is 40.1. The summed E-state index contributed by atoms with van der Waals surface area (Å²) in [6.07, 6.45) is 5.79. The highest BCUT2D eigenvalue weighted by Gasteiger charge is 2.80. The molecule has 1 aromatic heterocycles. The molecule has 2 saturated heterocycles. The second-order valence-corrected chi connectivity index (χ2v) is 20.3. The Hall–Kier alpha value is -5.41. The second-order valence-electron chi connectivity index (χ2n) is 20.3. The van der Waals surface area contributed by atoms with Crippen molar-refractivity contribution in [1.29, 1.82) is 0 Å². The summed E-state index contributed by atoms with van der Waals surface area (Å²) in [7, 11) is 8.22. The number of hydrogen-bond acceptors (Lipinski definition) is 13. The molecule has 10 rings (SSSR count). The van der Waals surface area contributed by atoms with Crippen LogP contribution in [0.25, 0.3) is 10.9 Å². The molecule has 6 heterocycles. The maximum atomic E-state index is 15.7. The third kappa shape index (κ3) is 6.24. The Morgan fingerprint density at radius 3 is 2.34 bits per heavy atom. The van der Waals surface area contributed by atoms with E-state index in [2.05, 4.69) is 75.3 Å². The van der Waals surface area contributed by atoms with Crippen molar-refractivity contribution in [3.05, 3.63) is 95.2 Å². The lowest BCUT2D eigenvalue weighted by atomic mass is 9.47. The van der Waals surface area contributed by atoms with Gasteiger partial charge in [0.25, 0.3) is 0 Å². The van der Waals surface area contributed by atoms with Crippen molar-refractivity contribution >= 4 is 45.9 Å². The third-order valence-corrected chi connectivity index (χ3v) is 17.2. The Morgan fingerprint density at radius 1 is 0.896 bits per heavy atom. The monoisotopic (exact) mass is 915 g/mol. The van der Waals surface area contributed by atoms with Gasteiger partial charge in [0.15, 0.2) is 6.10 Å². The summed E-state index contributed by atoms with van der Waals surface area (Å²) >= 11 is 0. The zero-order valence-electron chi connectivity index (χ0n) is 40.1. The lowest BCUT2D eigenvalue weighted by Crippen LogP contribution is -2.81. The second kappa shape index (κ2) is 16.1. The number of esters is 3. The summed E-state index contributed by atoms with van der Waals surface area (Å²) in [5.41, 5.74) is 0.0997. The number of aromatic amines is 1. The SMILES string of the molecule is CC[C@]1(O)C[C@H]2CN(CCc3c([nH]c4ccc(N(C)c5ccccc5)cc34)[C@@](C(=O)OC)(c3cc4c(cc3OC)N(C)C3[C@]45CCN4CC=C[C@@](CC)([C@@H](OC(C)=O)[C@]3(O)C(=O)OC)[C@H]45)C2)C1. The lowest BCUT2D eigenvalue weighted by Gasteiger charge is -2.63. The molecule has 14 nitrogen and oxygen atoms in total. The van der Waals surface area contributed by atoms with E-state index in [0.29, 0.717) is 82.6 Å². The van der Waals surface area contributed by atoms with E-state index in [4.69, 9.17) is 18.9 Å².